The van der Waals surface area contributed by atoms with Crippen LogP contribution in [0.3, 0.4) is 0 Å². The van der Waals surface area contributed by atoms with Crippen molar-refractivity contribution in [2.75, 3.05) is 5.75 Å². The SMILES string of the molecule is CC(C)(C)C(=O)CSc1nnc(-c2ccc(O)cc2)n1C1CCCCC1. The second-order valence-electron chi connectivity index (χ2n) is 7.98. The first-order valence-electron chi connectivity index (χ1n) is 9.26. The molecule has 1 aromatic heterocycles. The monoisotopic (exact) mass is 373 g/mol. The highest BCUT2D eigenvalue weighted by atomic mass is 32.2. The Kier molecular flexibility index (Phi) is 5.70. The van der Waals surface area contributed by atoms with Gasteiger partial charge in [-0.3, -0.25) is 9.36 Å². The number of thioether (sulfide) groups is 1. The first kappa shape index (κ1) is 19.0. The lowest BCUT2D eigenvalue weighted by Crippen LogP contribution is -2.22. The molecule has 0 saturated heterocycles. The Morgan fingerprint density at radius 2 is 1.81 bits per heavy atom. The summed E-state index contributed by atoms with van der Waals surface area (Å²) in [5.74, 6) is 1.68. The lowest BCUT2D eigenvalue weighted by atomic mass is 9.92. The average molecular weight is 374 g/mol. The zero-order valence-electron chi connectivity index (χ0n) is 15.7. The topological polar surface area (TPSA) is 68.0 Å². The predicted molar refractivity (Wildman–Crippen MR) is 104 cm³/mol. The Balaban J connectivity index is 1.91. The van der Waals surface area contributed by atoms with E-state index >= 15 is 0 Å². The Morgan fingerprint density at radius 1 is 1.15 bits per heavy atom. The molecular formula is C20H27N3O2S. The molecule has 0 aliphatic heterocycles. The number of nitrogens with zero attached hydrogens (tertiary/aromatic N) is 3. The summed E-state index contributed by atoms with van der Waals surface area (Å²) < 4.78 is 2.21. The van der Waals surface area contributed by atoms with Gasteiger partial charge in [-0.05, 0) is 37.1 Å². The van der Waals surface area contributed by atoms with Crippen LogP contribution in [-0.2, 0) is 4.79 Å². The van der Waals surface area contributed by atoms with Gasteiger partial charge < -0.3 is 5.11 Å². The van der Waals surface area contributed by atoms with Crippen molar-refractivity contribution in [3.8, 4) is 17.1 Å². The zero-order valence-corrected chi connectivity index (χ0v) is 16.6. The Bertz CT molecular complexity index is 756. The van der Waals surface area contributed by atoms with E-state index in [4.69, 9.17) is 0 Å². The first-order valence-corrected chi connectivity index (χ1v) is 10.3. The standard InChI is InChI=1S/C20H27N3O2S/c1-20(2,3)17(25)13-26-19-22-21-18(14-9-11-16(24)12-10-14)23(19)15-7-5-4-6-8-15/h9-12,15,24H,4-8,13H2,1-3H3. The highest BCUT2D eigenvalue weighted by molar-refractivity contribution is 7.99. The fourth-order valence-electron chi connectivity index (χ4n) is 3.20. The minimum absolute atomic E-state index is 0.215. The lowest BCUT2D eigenvalue weighted by molar-refractivity contribution is -0.123. The summed E-state index contributed by atoms with van der Waals surface area (Å²) in [5, 5.41) is 19.2. The molecule has 26 heavy (non-hydrogen) atoms. The Morgan fingerprint density at radius 3 is 2.42 bits per heavy atom. The van der Waals surface area contributed by atoms with Crippen LogP contribution in [0.15, 0.2) is 29.4 Å². The number of aromatic hydroxyl groups is 1. The van der Waals surface area contributed by atoms with Gasteiger partial charge in [-0.1, -0.05) is 51.8 Å². The molecule has 3 rings (SSSR count). The molecule has 2 aromatic rings. The molecule has 1 aliphatic carbocycles. The largest absolute Gasteiger partial charge is 0.508 e. The number of phenolic OH excluding ortho intramolecular Hbond substituents is 1. The van der Waals surface area contributed by atoms with Crippen molar-refractivity contribution in [2.45, 2.75) is 64.1 Å². The van der Waals surface area contributed by atoms with Crippen molar-refractivity contribution in [3.63, 3.8) is 0 Å². The van der Waals surface area contributed by atoms with Crippen LogP contribution in [0, 0.1) is 5.41 Å². The third-order valence-electron chi connectivity index (χ3n) is 4.90. The van der Waals surface area contributed by atoms with Crippen LogP contribution in [-0.4, -0.2) is 31.4 Å². The molecule has 0 unspecified atom stereocenters. The summed E-state index contributed by atoms with van der Waals surface area (Å²) in [4.78, 5) is 12.3. The number of benzene rings is 1. The Hall–Kier alpha value is -1.82. The number of rotatable bonds is 5. The number of carbonyl (C=O) groups excluding carboxylic acids is 1. The minimum Gasteiger partial charge on any atom is -0.508 e. The van der Waals surface area contributed by atoms with Gasteiger partial charge in [0.25, 0.3) is 0 Å². The van der Waals surface area contributed by atoms with Crippen LogP contribution in [0.5, 0.6) is 5.75 Å². The van der Waals surface area contributed by atoms with Crippen molar-refractivity contribution in [3.05, 3.63) is 24.3 Å². The molecule has 0 spiro atoms. The summed E-state index contributed by atoms with van der Waals surface area (Å²) in [6.45, 7) is 5.84. The molecule has 140 valence electrons. The summed E-state index contributed by atoms with van der Waals surface area (Å²) in [7, 11) is 0. The van der Waals surface area contributed by atoms with Crippen molar-refractivity contribution in [1.29, 1.82) is 0 Å². The van der Waals surface area contributed by atoms with Gasteiger partial charge in [0, 0.05) is 17.0 Å². The van der Waals surface area contributed by atoms with Gasteiger partial charge in [0.2, 0.25) is 0 Å². The zero-order chi connectivity index (χ0) is 18.7. The van der Waals surface area contributed by atoms with E-state index in [0.717, 1.165) is 29.4 Å². The normalized spacial score (nSPS) is 16.0. The van der Waals surface area contributed by atoms with Crippen molar-refractivity contribution < 1.29 is 9.90 Å². The highest BCUT2D eigenvalue weighted by Crippen LogP contribution is 2.36. The molecule has 1 fully saturated rings. The average Bonchev–Trinajstić information content (AvgIpc) is 3.04. The molecule has 0 atom stereocenters. The van der Waals surface area contributed by atoms with Crippen LogP contribution in [0.25, 0.3) is 11.4 Å². The van der Waals surface area contributed by atoms with E-state index in [1.165, 1.54) is 31.0 Å². The number of hydrogen-bond donors (Lipinski definition) is 1. The van der Waals surface area contributed by atoms with Crippen LogP contribution in [0.4, 0.5) is 0 Å². The smallest absolute Gasteiger partial charge is 0.192 e. The minimum atomic E-state index is -0.345. The predicted octanol–water partition coefficient (Wildman–Crippen LogP) is 4.86. The van der Waals surface area contributed by atoms with E-state index < -0.39 is 0 Å². The second-order valence-corrected chi connectivity index (χ2v) is 8.92. The van der Waals surface area contributed by atoms with E-state index in [0.29, 0.717) is 11.8 Å². The lowest BCUT2D eigenvalue weighted by Gasteiger charge is -2.26. The van der Waals surface area contributed by atoms with Gasteiger partial charge in [-0.15, -0.1) is 10.2 Å². The fraction of sp³-hybridized carbons (Fsp3) is 0.550. The third-order valence-corrected chi connectivity index (χ3v) is 5.84. The summed E-state index contributed by atoms with van der Waals surface area (Å²) in [5.41, 5.74) is 0.595. The molecule has 1 aromatic carbocycles. The van der Waals surface area contributed by atoms with Crippen LogP contribution >= 0.6 is 11.8 Å². The molecule has 5 nitrogen and oxygen atoms in total. The van der Waals surface area contributed by atoms with Gasteiger partial charge in [0.15, 0.2) is 11.0 Å². The molecule has 0 radical (unpaired) electrons. The maximum absolute atomic E-state index is 12.3. The number of phenols is 1. The molecule has 0 amide bonds. The molecular weight excluding hydrogens is 346 g/mol. The molecule has 1 saturated carbocycles. The van der Waals surface area contributed by atoms with Crippen molar-refractivity contribution in [1.82, 2.24) is 14.8 Å². The van der Waals surface area contributed by atoms with Gasteiger partial charge in [0.1, 0.15) is 11.5 Å². The van der Waals surface area contributed by atoms with Crippen LogP contribution < -0.4 is 0 Å². The maximum Gasteiger partial charge on any atom is 0.192 e. The van der Waals surface area contributed by atoms with Crippen LogP contribution in [0.2, 0.25) is 0 Å². The third kappa shape index (κ3) is 4.29. The number of carbonyl (C=O) groups is 1. The van der Waals surface area contributed by atoms with E-state index in [1.807, 2.05) is 32.9 Å². The Labute approximate surface area is 159 Å². The second kappa shape index (κ2) is 7.82. The van der Waals surface area contributed by atoms with E-state index in [-0.39, 0.29) is 16.9 Å². The summed E-state index contributed by atoms with van der Waals surface area (Å²) in [6.07, 6.45) is 5.93. The van der Waals surface area contributed by atoms with Crippen molar-refractivity contribution in [2.24, 2.45) is 5.41 Å². The van der Waals surface area contributed by atoms with Gasteiger partial charge in [-0.2, -0.15) is 0 Å². The number of Topliss-reactive ketones (excluding diaryl/α,β-unsaturated/α-hetero) is 1. The van der Waals surface area contributed by atoms with Crippen molar-refractivity contribution >= 4 is 17.5 Å². The highest BCUT2D eigenvalue weighted by Gasteiger charge is 2.26. The van der Waals surface area contributed by atoms with E-state index in [1.54, 1.807) is 12.1 Å². The number of hydrogen-bond acceptors (Lipinski definition) is 5. The fourth-order valence-corrected chi connectivity index (χ4v) is 4.36. The molecule has 1 N–H and O–H groups in total. The first-order chi connectivity index (χ1) is 12.4. The number of aromatic nitrogens is 3. The maximum atomic E-state index is 12.3. The van der Waals surface area contributed by atoms with Gasteiger partial charge in [0.05, 0.1) is 5.75 Å². The van der Waals surface area contributed by atoms with Crippen LogP contribution in [0.1, 0.15) is 58.9 Å². The number of ketones is 1. The molecule has 0 bridgehead atoms. The molecule has 6 heteroatoms. The summed E-state index contributed by atoms with van der Waals surface area (Å²) in [6, 6.07) is 7.45. The van der Waals surface area contributed by atoms with Gasteiger partial charge >= 0.3 is 0 Å². The van der Waals surface area contributed by atoms with Gasteiger partial charge in [-0.25, -0.2) is 0 Å². The summed E-state index contributed by atoms with van der Waals surface area (Å²) >= 11 is 1.48. The van der Waals surface area contributed by atoms with E-state index in [9.17, 15) is 9.90 Å². The molecule has 1 aliphatic rings. The van der Waals surface area contributed by atoms with E-state index in [2.05, 4.69) is 14.8 Å². The molecule has 1 heterocycles. The quantitative estimate of drug-likeness (QED) is 0.758.